The van der Waals surface area contributed by atoms with E-state index in [4.69, 9.17) is 18.9 Å². The van der Waals surface area contributed by atoms with Gasteiger partial charge in [-0.3, -0.25) is 4.79 Å². The van der Waals surface area contributed by atoms with Gasteiger partial charge in [0.1, 0.15) is 5.75 Å². The number of para-hydroxylation sites is 1. The number of carbonyl (C=O) groups is 1. The summed E-state index contributed by atoms with van der Waals surface area (Å²) in [4.78, 5) is 12.1. The lowest BCUT2D eigenvalue weighted by molar-refractivity contribution is -0.123. The molecule has 7 heteroatoms. The van der Waals surface area contributed by atoms with Crippen LogP contribution >= 0.6 is 0 Å². The summed E-state index contributed by atoms with van der Waals surface area (Å²) in [5, 5.41) is 3.98. The molecule has 2 aromatic carbocycles. The van der Waals surface area contributed by atoms with Crippen LogP contribution in [0.5, 0.6) is 23.0 Å². The number of hydrogen-bond donors (Lipinski definition) is 1. The van der Waals surface area contributed by atoms with Gasteiger partial charge in [0.05, 0.1) is 27.5 Å². The van der Waals surface area contributed by atoms with E-state index in [9.17, 15) is 4.79 Å². The van der Waals surface area contributed by atoms with Crippen molar-refractivity contribution < 1.29 is 23.7 Å². The van der Waals surface area contributed by atoms with Crippen molar-refractivity contribution in [3.05, 3.63) is 47.5 Å². The molecule has 0 aromatic heterocycles. The lowest BCUT2D eigenvalue weighted by Crippen LogP contribution is -2.25. The molecule has 2 rings (SSSR count). The van der Waals surface area contributed by atoms with Gasteiger partial charge in [0.25, 0.3) is 5.91 Å². The molecule has 2 aromatic rings. The van der Waals surface area contributed by atoms with Gasteiger partial charge in [0.2, 0.25) is 5.75 Å². The van der Waals surface area contributed by atoms with Crippen molar-refractivity contribution in [2.75, 3.05) is 27.9 Å². The quantitative estimate of drug-likeness (QED) is 0.485. The molecule has 29 heavy (non-hydrogen) atoms. The number of amides is 1. The number of nitrogens with zero attached hydrogens (tertiary/aromatic N) is 1. The molecule has 156 valence electrons. The number of methoxy groups -OCH3 is 3. The zero-order chi connectivity index (χ0) is 21.2. The van der Waals surface area contributed by atoms with Crippen molar-refractivity contribution >= 4 is 12.1 Å². The highest BCUT2D eigenvalue weighted by atomic mass is 16.5. The normalized spacial score (nSPS) is 11.8. The van der Waals surface area contributed by atoms with Gasteiger partial charge in [-0.2, -0.15) is 5.10 Å². The second-order valence-corrected chi connectivity index (χ2v) is 6.39. The largest absolute Gasteiger partial charge is 0.493 e. The summed E-state index contributed by atoms with van der Waals surface area (Å²) >= 11 is 0. The van der Waals surface area contributed by atoms with Crippen LogP contribution in [0.25, 0.3) is 0 Å². The Balaban J connectivity index is 1.99. The lowest BCUT2D eigenvalue weighted by Gasteiger charge is -2.15. The zero-order valence-corrected chi connectivity index (χ0v) is 17.5. The summed E-state index contributed by atoms with van der Waals surface area (Å²) < 4.78 is 21.6. The molecule has 0 saturated heterocycles. The predicted molar refractivity (Wildman–Crippen MR) is 112 cm³/mol. The molecule has 7 nitrogen and oxygen atoms in total. The van der Waals surface area contributed by atoms with Crippen molar-refractivity contribution in [2.24, 2.45) is 5.10 Å². The Morgan fingerprint density at radius 2 is 1.72 bits per heavy atom. The summed E-state index contributed by atoms with van der Waals surface area (Å²) in [6.45, 7) is 4.12. The Labute approximate surface area is 171 Å². The molecular formula is C22H28N2O5. The molecule has 0 aliphatic heterocycles. The Hall–Kier alpha value is -3.22. The maximum absolute atomic E-state index is 12.1. The third-order valence-corrected chi connectivity index (χ3v) is 4.51. The van der Waals surface area contributed by atoms with Gasteiger partial charge in [-0.05, 0) is 36.1 Å². The van der Waals surface area contributed by atoms with Crippen LogP contribution in [0.2, 0.25) is 0 Å². The fraction of sp³-hybridized carbons (Fsp3) is 0.364. The van der Waals surface area contributed by atoms with Crippen LogP contribution in [-0.2, 0) is 4.79 Å². The summed E-state index contributed by atoms with van der Waals surface area (Å²) in [7, 11) is 4.61. The summed E-state index contributed by atoms with van der Waals surface area (Å²) in [5.74, 6) is 2.21. The molecule has 0 saturated carbocycles. The molecule has 1 atom stereocenters. The molecule has 1 amide bonds. The van der Waals surface area contributed by atoms with Crippen molar-refractivity contribution in [1.29, 1.82) is 0 Å². The van der Waals surface area contributed by atoms with Gasteiger partial charge in [-0.15, -0.1) is 0 Å². The number of rotatable bonds is 10. The van der Waals surface area contributed by atoms with Crippen molar-refractivity contribution in [3.63, 3.8) is 0 Å². The monoisotopic (exact) mass is 400 g/mol. The Morgan fingerprint density at radius 3 is 2.31 bits per heavy atom. The van der Waals surface area contributed by atoms with Gasteiger partial charge in [0.15, 0.2) is 18.1 Å². The highest BCUT2D eigenvalue weighted by molar-refractivity contribution is 5.84. The SMILES string of the molecule is CCC(C)c1ccccc1OCC(=O)N/N=C/c1cc(OC)c(OC)c(OC)c1. The van der Waals surface area contributed by atoms with E-state index in [1.807, 2.05) is 24.3 Å². The van der Waals surface area contributed by atoms with Crippen LogP contribution in [0.1, 0.15) is 37.3 Å². The van der Waals surface area contributed by atoms with E-state index in [2.05, 4.69) is 24.4 Å². The maximum Gasteiger partial charge on any atom is 0.277 e. The van der Waals surface area contributed by atoms with E-state index in [-0.39, 0.29) is 12.5 Å². The highest BCUT2D eigenvalue weighted by Gasteiger charge is 2.13. The van der Waals surface area contributed by atoms with E-state index >= 15 is 0 Å². The Bertz CT molecular complexity index is 826. The summed E-state index contributed by atoms with van der Waals surface area (Å²) in [6.07, 6.45) is 2.49. The van der Waals surface area contributed by atoms with Crippen LogP contribution < -0.4 is 24.4 Å². The van der Waals surface area contributed by atoms with Crippen LogP contribution in [0.3, 0.4) is 0 Å². The van der Waals surface area contributed by atoms with Crippen LogP contribution in [0.15, 0.2) is 41.5 Å². The molecule has 1 N–H and O–H groups in total. The highest BCUT2D eigenvalue weighted by Crippen LogP contribution is 2.37. The minimum atomic E-state index is -0.354. The first-order chi connectivity index (χ1) is 14.0. The second kappa shape index (κ2) is 10.9. The number of hydrazone groups is 1. The predicted octanol–water partition coefficient (Wildman–Crippen LogP) is 3.76. The molecule has 0 aliphatic carbocycles. The second-order valence-electron chi connectivity index (χ2n) is 6.39. The topological polar surface area (TPSA) is 78.4 Å². The Kier molecular flexibility index (Phi) is 8.33. The van der Waals surface area contributed by atoms with Crippen LogP contribution in [0.4, 0.5) is 0 Å². The number of carbonyl (C=O) groups excluding carboxylic acids is 1. The molecule has 0 spiro atoms. The number of ether oxygens (including phenoxy) is 4. The first-order valence-corrected chi connectivity index (χ1v) is 9.37. The van der Waals surface area contributed by atoms with Gasteiger partial charge in [-0.1, -0.05) is 32.0 Å². The summed E-state index contributed by atoms with van der Waals surface area (Å²) in [5.41, 5.74) is 4.23. The van der Waals surface area contributed by atoms with Crippen LogP contribution in [-0.4, -0.2) is 40.1 Å². The number of nitrogens with one attached hydrogen (secondary N) is 1. The minimum Gasteiger partial charge on any atom is -0.493 e. The van der Waals surface area contributed by atoms with E-state index in [1.54, 1.807) is 12.1 Å². The average Bonchev–Trinajstić information content (AvgIpc) is 2.76. The molecule has 0 bridgehead atoms. The first kappa shape index (κ1) is 22.1. The fourth-order valence-corrected chi connectivity index (χ4v) is 2.77. The van der Waals surface area contributed by atoms with Crippen LogP contribution in [0, 0.1) is 0 Å². The minimum absolute atomic E-state index is 0.125. The molecule has 1 unspecified atom stereocenters. The van der Waals surface area contributed by atoms with E-state index < -0.39 is 0 Å². The third kappa shape index (κ3) is 5.88. The Morgan fingerprint density at radius 1 is 1.07 bits per heavy atom. The molecule has 0 radical (unpaired) electrons. The molecular weight excluding hydrogens is 372 g/mol. The van der Waals surface area contributed by atoms with Crippen molar-refractivity contribution in [3.8, 4) is 23.0 Å². The molecule has 0 aliphatic rings. The zero-order valence-electron chi connectivity index (χ0n) is 17.5. The first-order valence-electron chi connectivity index (χ1n) is 9.37. The van der Waals surface area contributed by atoms with Gasteiger partial charge < -0.3 is 18.9 Å². The average molecular weight is 400 g/mol. The van der Waals surface area contributed by atoms with Gasteiger partial charge in [-0.25, -0.2) is 5.43 Å². The molecule has 0 fully saturated rings. The van der Waals surface area contributed by atoms with E-state index in [0.717, 1.165) is 12.0 Å². The van der Waals surface area contributed by atoms with Gasteiger partial charge >= 0.3 is 0 Å². The number of hydrogen-bond acceptors (Lipinski definition) is 6. The fourth-order valence-electron chi connectivity index (χ4n) is 2.77. The van der Waals surface area contributed by atoms with Crippen molar-refractivity contribution in [2.45, 2.75) is 26.2 Å². The van der Waals surface area contributed by atoms with E-state index in [0.29, 0.717) is 34.5 Å². The summed E-state index contributed by atoms with van der Waals surface area (Å²) in [6, 6.07) is 11.2. The van der Waals surface area contributed by atoms with E-state index in [1.165, 1.54) is 27.5 Å². The standard InChI is InChI=1S/C22H28N2O5/c1-6-15(2)17-9-7-8-10-18(17)29-14-21(25)24-23-13-16-11-19(26-3)22(28-5)20(12-16)27-4/h7-13,15H,6,14H2,1-5H3,(H,24,25)/b23-13+. The lowest BCUT2D eigenvalue weighted by atomic mass is 9.98. The molecule has 0 heterocycles. The smallest absolute Gasteiger partial charge is 0.277 e. The number of benzene rings is 2. The van der Waals surface area contributed by atoms with Crippen molar-refractivity contribution in [1.82, 2.24) is 5.43 Å². The van der Waals surface area contributed by atoms with Gasteiger partial charge in [0, 0.05) is 5.56 Å². The maximum atomic E-state index is 12.1. The third-order valence-electron chi connectivity index (χ3n) is 4.51.